The highest BCUT2D eigenvalue weighted by molar-refractivity contribution is 5.46. The van der Waals surface area contributed by atoms with Crippen LogP contribution in [0, 0.1) is 6.92 Å². The molecule has 0 saturated carbocycles. The molecule has 1 fully saturated rings. The van der Waals surface area contributed by atoms with E-state index in [1.807, 2.05) is 25.3 Å². The number of H-pyrrole nitrogens is 1. The molecule has 0 amide bonds. The minimum absolute atomic E-state index is 0.250. The largest absolute Gasteiger partial charge is 0.493 e. The van der Waals surface area contributed by atoms with Crippen LogP contribution in [-0.2, 0) is 27.4 Å². The molecule has 37 heavy (non-hydrogen) atoms. The summed E-state index contributed by atoms with van der Waals surface area (Å²) in [6.07, 6.45) is 1.92. The van der Waals surface area contributed by atoms with Crippen molar-refractivity contribution in [3.63, 3.8) is 0 Å². The summed E-state index contributed by atoms with van der Waals surface area (Å²) < 4.78 is 17.3. The van der Waals surface area contributed by atoms with Crippen molar-refractivity contribution in [3.05, 3.63) is 41.5 Å². The molecule has 1 aliphatic heterocycles. The standard InChI is InChI=1S/C23H37N5O3.2CH2O2/c1-19-24-16-21(25-19)18-28(9-8-26(2)3)17-20-6-5-7-22(29-4)23(20)31-15-12-27-10-13-30-14-11-27;2*2-1-3/h5-7,16H,8-15,17-18H2,1-4H3,(H,24,25);2*1H,(H,2,3). The average molecular weight is 524 g/mol. The zero-order valence-corrected chi connectivity index (χ0v) is 22.3. The molecule has 3 rings (SSSR count). The number of aromatic amines is 1. The number of rotatable bonds is 12. The molecule has 1 aliphatic rings. The highest BCUT2D eigenvalue weighted by Gasteiger charge is 2.17. The van der Waals surface area contributed by atoms with Crippen LogP contribution in [-0.4, -0.2) is 122 Å². The smallest absolute Gasteiger partial charge is 0.290 e. The van der Waals surface area contributed by atoms with Gasteiger partial charge < -0.3 is 34.3 Å². The predicted molar refractivity (Wildman–Crippen MR) is 139 cm³/mol. The number of likely N-dealkylation sites (N-methyl/N-ethyl adjacent to an activating group) is 1. The Balaban J connectivity index is 0.00000104. The Labute approximate surface area is 218 Å². The van der Waals surface area contributed by atoms with Gasteiger partial charge in [-0.3, -0.25) is 19.4 Å². The molecule has 2 aromatic rings. The van der Waals surface area contributed by atoms with Crippen molar-refractivity contribution in [1.29, 1.82) is 0 Å². The lowest BCUT2D eigenvalue weighted by atomic mass is 10.1. The third kappa shape index (κ3) is 13.1. The Morgan fingerprint density at radius 1 is 1.14 bits per heavy atom. The molecule has 3 N–H and O–H groups in total. The van der Waals surface area contributed by atoms with Crippen LogP contribution in [0.3, 0.4) is 0 Å². The quantitative estimate of drug-likeness (QED) is 0.348. The molecular formula is C25H41N5O7. The van der Waals surface area contributed by atoms with Gasteiger partial charge in [-0.1, -0.05) is 12.1 Å². The van der Waals surface area contributed by atoms with Crippen molar-refractivity contribution in [2.75, 3.05) is 73.7 Å². The summed E-state index contributed by atoms with van der Waals surface area (Å²) in [5.74, 6) is 2.56. The normalized spacial score (nSPS) is 13.2. The van der Waals surface area contributed by atoms with Gasteiger partial charge >= 0.3 is 0 Å². The lowest BCUT2D eigenvalue weighted by Crippen LogP contribution is -2.38. The number of aryl methyl sites for hydroxylation is 1. The molecule has 0 unspecified atom stereocenters. The molecule has 0 bridgehead atoms. The zero-order valence-electron chi connectivity index (χ0n) is 22.3. The lowest BCUT2D eigenvalue weighted by molar-refractivity contribution is -0.123. The fourth-order valence-corrected chi connectivity index (χ4v) is 3.70. The van der Waals surface area contributed by atoms with Gasteiger partial charge in [-0.2, -0.15) is 0 Å². The number of aromatic nitrogens is 2. The molecule has 0 radical (unpaired) electrons. The van der Waals surface area contributed by atoms with E-state index in [1.165, 1.54) is 0 Å². The van der Waals surface area contributed by atoms with Crippen molar-refractivity contribution < 1.29 is 34.0 Å². The van der Waals surface area contributed by atoms with Crippen molar-refractivity contribution in [2.24, 2.45) is 0 Å². The molecule has 12 heteroatoms. The van der Waals surface area contributed by atoms with Crippen LogP contribution in [0.1, 0.15) is 17.1 Å². The van der Waals surface area contributed by atoms with Gasteiger partial charge in [0.2, 0.25) is 0 Å². The lowest BCUT2D eigenvalue weighted by Gasteiger charge is -2.27. The van der Waals surface area contributed by atoms with Crippen molar-refractivity contribution in [3.8, 4) is 11.5 Å². The molecule has 0 atom stereocenters. The van der Waals surface area contributed by atoms with Gasteiger partial charge in [-0.05, 0) is 27.1 Å². The molecule has 0 spiro atoms. The van der Waals surface area contributed by atoms with Crippen LogP contribution in [0.5, 0.6) is 11.5 Å². The Morgan fingerprint density at radius 2 is 1.81 bits per heavy atom. The molecule has 12 nitrogen and oxygen atoms in total. The van der Waals surface area contributed by atoms with Crippen molar-refractivity contribution in [2.45, 2.75) is 20.0 Å². The summed E-state index contributed by atoms with van der Waals surface area (Å²) in [5.41, 5.74) is 2.25. The Hall–Kier alpha value is -3.19. The summed E-state index contributed by atoms with van der Waals surface area (Å²) in [7, 11) is 5.90. The van der Waals surface area contributed by atoms with Gasteiger partial charge in [0.25, 0.3) is 12.9 Å². The number of hydrogen-bond donors (Lipinski definition) is 3. The van der Waals surface area contributed by atoms with E-state index in [1.54, 1.807) is 7.11 Å². The van der Waals surface area contributed by atoms with Crippen molar-refractivity contribution in [1.82, 2.24) is 24.7 Å². The number of carboxylic acid groups (broad SMARTS) is 2. The topological polar surface area (TPSA) is 141 Å². The molecule has 1 saturated heterocycles. The Kier molecular flexibility index (Phi) is 16.3. The predicted octanol–water partition coefficient (Wildman–Crippen LogP) is 1.40. The maximum absolute atomic E-state index is 8.36. The summed E-state index contributed by atoms with van der Waals surface area (Å²) >= 11 is 0. The summed E-state index contributed by atoms with van der Waals surface area (Å²) in [6, 6.07) is 6.14. The summed E-state index contributed by atoms with van der Waals surface area (Å²) in [5, 5.41) is 13.8. The molecule has 2 heterocycles. The third-order valence-corrected chi connectivity index (χ3v) is 5.44. The molecule has 1 aromatic carbocycles. The first-order valence-electron chi connectivity index (χ1n) is 12.0. The number of imidazole rings is 1. The third-order valence-electron chi connectivity index (χ3n) is 5.44. The number of benzene rings is 1. The van der Waals surface area contributed by atoms with Crippen LogP contribution in [0.25, 0.3) is 0 Å². The van der Waals surface area contributed by atoms with Crippen molar-refractivity contribution >= 4 is 12.9 Å². The second-order valence-corrected chi connectivity index (χ2v) is 8.47. The van der Waals surface area contributed by atoms with Gasteiger partial charge in [-0.15, -0.1) is 0 Å². The first kappa shape index (κ1) is 31.8. The van der Waals surface area contributed by atoms with Crippen LogP contribution in [0.4, 0.5) is 0 Å². The number of methoxy groups -OCH3 is 1. The zero-order chi connectivity index (χ0) is 27.5. The fourth-order valence-electron chi connectivity index (χ4n) is 3.70. The molecule has 208 valence electrons. The van der Waals surface area contributed by atoms with E-state index in [2.05, 4.69) is 44.8 Å². The number of carbonyl (C=O) groups is 2. The molecule has 1 aromatic heterocycles. The average Bonchev–Trinajstić information content (AvgIpc) is 3.29. The first-order chi connectivity index (χ1) is 17.9. The maximum Gasteiger partial charge on any atom is 0.290 e. The summed E-state index contributed by atoms with van der Waals surface area (Å²) in [6.45, 7) is 10.0. The number of ether oxygens (including phenoxy) is 3. The van der Waals surface area contributed by atoms with E-state index in [-0.39, 0.29) is 12.9 Å². The second-order valence-electron chi connectivity index (χ2n) is 8.47. The van der Waals surface area contributed by atoms with E-state index in [9.17, 15) is 0 Å². The van der Waals surface area contributed by atoms with E-state index >= 15 is 0 Å². The minimum atomic E-state index is -0.250. The maximum atomic E-state index is 8.36. The van der Waals surface area contributed by atoms with Crippen LogP contribution in [0.2, 0.25) is 0 Å². The highest BCUT2D eigenvalue weighted by Crippen LogP contribution is 2.32. The van der Waals surface area contributed by atoms with E-state index in [4.69, 9.17) is 34.0 Å². The van der Waals surface area contributed by atoms with Gasteiger partial charge in [0.1, 0.15) is 12.4 Å². The number of nitrogens with one attached hydrogen (secondary N) is 1. The first-order valence-corrected chi connectivity index (χ1v) is 12.0. The van der Waals surface area contributed by atoms with Gasteiger partial charge in [0.15, 0.2) is 11.5 Å². The van der Waals surface area contributed by atoms with Gasteiger partial charge in [0.05, 0.1) is 20.3 Å². The molecule has 0 aliphatic carbocycles. The number of nitrogens with zero attached hydrogens (tertiary/aromatic N) is 4. The van der Waals surface area contributed by atoms with Crippen LogP contribution >= 0.6 is 0 Å². The Bertz CT molecular complexity index is 882. The van der Waals surface area contributed by atoms with Crippen LogP contribution in [0.15, 0.2) is 24.4 Å². The van der Waals surface area contributed by atoms with E-state index in [0.29, 0.717) is 6.61 Å². The number of morpholine rings is 1. The van der Waals surface area contributed by atoms with Crippen LogP contribution < -0.4 is 9.47 Å². The number of para-hydroxylation sites is 1. The fraction of sp³-hybridized carbons (Fsp3) is 0.560. The Morgan fingerprint density at radius 3 is 2.38 bits per heavy atom. The minimum Gasteiger partial charge on any atom is -0.493 e. The second kappa shape index (κ2) is 19.0. The van der Waals surface area contributed by atoms with Gasteiger partial charge in [0, 0.05) is 63.3 Å². The molecular weight excluding hydrogens is 482 g/mol. The van der Waals surface area contributed by atoms with E-state index < -0.39 is 0 Å². The number of hydrogen-bond acceptors (Lipinski definition) is 9. The van der Waals surface area contributed by atoms with E-state index in [0.717, 1.165) is 87.6 Å². The monoisotopic (exact) mass is 523 g/mol. The van der Waals surface area contributed by atoms with Gasteiger partial charge in [-0.25, -0.2) is 4.98 Å². The summed E-state index contributed by atoms with van der Waals surface area (Å²) in [4.78, 5) is 31.4. The highest BCUT2D eigenvalue weighted by atomic mass is 16.5. The SMILES string of the molecule is COc1cccc(CN(CCN(C)C)Cc2cnc(C)[nH]2)c1OCCN1CCOCC1.O=CO.O=CO.